The minimum Gasteiger partial charge on any atom is -0.549 e. The van der Waals surface area contributed by atoms with Crippen molar-refractivity contribution in [2.45, 2.75) is 38.5 Å². The number of carboxylic acid groups (broad SMARTS) is 1. The van der Waals surface area contributed by atoms with Gasteiger partial charge >= 0.3 is 29.6 Å². The van der Waals surface area contributed by atoms with E-state index in [0.717, 1.165) is 18.4 Å². The van der Waals surface area contributed by atoms with E-state index in [9.17, 15) is 14.7 Å². The van der Waals surface area contributed by atoms with Crippen LogP contribution in [0.3, 0.4) is 0 Å². The van der Waals surface area contributed by atoms with Gasteiger partial charge in [0.1, 0.15) is 17.2 Å². The average molecular weight is 521 g/mol. The number of hydrogen-bond donors (Lipinski definition) is 0. The van der Waals surface area contributed by atoms with Gasteiger partial charge in [0.05, 0.1) is 11.6 Å². The van der Waals surface area contributed by atoms with Crippen LogP contribution in [0.15, 0.2) is 54.6 Å². The van der Waals surface area contributed by atoms with E-state index in [2.05, 4.69) is 0 Å². The van der Waals surface area contributed by atoms with Crippen molar-refractivity contribution >= 4 is 35.0 Å². The van der Waals surface area contributed by atoms with Gasteiger partial charge in [0, 0.05) is 40.5 Å². The molecule has 176 valence electrons. The molecule has 1 unspecified atom stereocenters. The van der Waals surface area contributed by atoms with Crippen molar-refractivity contribution < 1.29 is 53.7 Å². The van der Waals surface area contributed by atoms with E-state index in [1.54, 1.807) is 36.4 Å². The molecule has 0 radical (unpaired) electrons. The number of hydrogen-bond acceptors (Lipinski definition) is 5. The predicted octanol–water partition coefficient (Wildman–Crippen LogP) is 2.92. The summed E-state index contributed by atoms with van der Waals surface area (Å²) in [5.41, 5.74) is 3.41. The summed E-state index contributed by atoms with van der Waals surface area (Å²) in [5, 5.41) is 12.4. The average Bonchev–Trinajstić information content (AvgIpc) is 2.81. The molecular formula is C27H23Cl2NaO5. The van der Waals surface area contributed by atoms with Gasteiger partial charge in [-0.25, -0.2) is 0 Å². The van der Waals surface area contributed by atoms with Gasteiger partial charge in [-0.3, -0.25) is 4.79 Å². The summed E-state index contributed by atoms with van der Waals surface area (Å²) in [5.74, 6) is -0.587. The van der Waals surface area contributed by atoms with Gasteiger partial charge in [0.25, 0.3) is 0 Å². The van der Waals surface area contributed by atoms with Crippen molar-refractivity contribution in [3.05, 3.63) is 86.9 Å². The Kier molecular flexibility index (Phi) is 9.68. The van der Waals surface area contributed by atoms with E-state index < -0.39 is 11.9 Å². The van der Waals surface area contributed by atoms with Crippen molar-refractivity contribution in [3.63, 3.8) is 0 Å². The molecule has 0 amide bonds. The quantitative estimate of drug-likeness (QED) is 0.337. The van der Waals surface area contributed by atoms with E-state index >= 15 is 0 Å². The Hall–Kier alpha value is -2.02. The Morgan fingerprint density at radius 1 is 1.09 bits per heavy atom. The van der Waals surface area contributed by atoms with Crippen LogP contribution >= 0.6 is 23.2 Å². The summed E-state index contributed by atoms with van der Waals surface area (Å²) < 4.78 is 11.5. The number of aliphatic carboxylic acids is 1. The van der Waals surface area contributed by atoms with Crippen molar-refractivity contribution in [1.82, 2.24) is 0 Å². The fraction of sp³-hybridized carbons (Fsp3) is 0.259. The molecule has 0 fully saturated rings. The van der Waals surface area contributed by atoms with Crippen LogP contribution in [-0.2, 0) is 11.2 Å². The molecule has 0 spiro atoms. The maximum atomic E-state index is 12.6. The Morgan fingerprint density at radius 3 is 2.51 bits per heavy atom. The zero-order valence-electron chi connectivity index (χ0n) is 19.6. The number of carbonyl (C=O) groups excluding carboxylic acids is 2. The molecule has 0 aliphatic carbocycles. The Labute approximate surface area is 236 Å². The molecule has 1 atom stereocenters. The van der Waals surface area contributed by atoms with Gasteiger partial charge in [-0.15, -0.1) is 0 Å². The van der Waals surface area contributed by atoms with Crippen LogP contribution < -0.4 is 44.1 Å². The van der Waals surface area contributed by atoms with E-state index in [0.29, 0.717) is 46.2 Å². The first-order valence-corrected chi connectivity index (χ1v) is 11.8. The van der Waals surface area contributed by atoms with Crippen molar-refractivity contribution in [2.24, 2.45) is 0 Å². The molecule has 8 heteroatoms. The molecule has 3 aromatic carbocycles. The number of halogens is 2. The Bertz CT molecular complexity index is 1230. The van der Waals surface area contributed by atoms with Crippen LogP contribution in [0, 0.1) is 6.92 Å². The Balaban J connectivity index is 0.00000342. The number of aryl methyl sites for hydroxylation is 2. The molecule has 0 N–H and O–H groups in total. The maximum absolute atomic E-state index is 12.6. The molecule has 5 nitrogen and oxygen atoms in total. The van der Waals surface area contributed by atoms with Gasteiger partial charge in [0.15, 0.2) is 5.78 Å². The van der Waals surface area contributed by atoms with E-state index in [1.165, 1.54) is 5.56 Å². The number of ether oxygens (including phenoxy) is 2. The smallest absolute Gasteiger partial charge is 0.549 e. The number of fused-ring (bicyclic) bond motifs is 1. The largest absolute Gasteiger partial charge is 1.00 e. The van der Waals surface area contributed by atoms with Crippen LogP contribution in [0.1, 0.15) is 52.2 Å². The molecule has 0 aromatic heterocycles. The second-order valence-electron chi connectivity index (χ2n) is 8.30. The number of rotatable bonds is 8. The minimum atomic E-state index is -1.15. The van der Waals surface area contributed by atoms with Crippen LogP contribution in [0.25, 0.3) is 0 Å². The standard InChI is InChI=1S/C27H24Cl2O5.Na/c1-16-13-19(28)8-5-17(16)3-2-4-24(30)18-6-9-20(10-7-18)34-26-15-25-22(14-23(26)29)21(27(31)32)11-12-33-25;/h5-10,13-15,21H,2-4,11-12H2,1H3,(H,31,32);/q;+1/p-1. The molecule has 4 rings (SSSR count). The molecule has 1 aliphatic rings. The van der Waals surface area contributed by atoms with E-state index in [4.69, 9.17) is 32.7 Å². The molecule has 0 bridgehead atoms. The third-order valence-corrected chi connectivity index (χ3v) is 6.48. The molecule has 3 aromatic rings. The van der Waals surface area contributed by atoms with Crippen molar-refractivity contribution in [1.29, 1.82) is 0 Å². The summed E-state index contributed by atoms with van der Waals surface area (Å²) in [6.45, 7) is 2.30. The minimum absolute atomic E-state index is 0. The summed E-state index contributed by atoms with van der Waals surface area (Å²) in [7, 11) is 0. The van der Waals surface area contributed by atoms with E-state index in [1.807, 2.05) is 25.1 Å². The first kappa shape index (κ1) is 27.6. The third-order valence-electron chi connectivity index (χ3n) is 5.95. The van der Waals surface area contributed by atoms with Crippen molar-refractivity contribution in [3.8, 4) is 17.2 Å². The number of Topliss-reactive ketones (excluding diaryl/α,β-unsaturated/α-hetero) is 1. The zero-order valence-corrected chi connectivity index (χ0v) is 23.1. The summed E-state index contributed by atoms with van der Waals surface area (Å²) >= 11 is 12.3. The summed E-state index contributed by atoms with van der Waals surface area (Å²) in [6, 6.07) is 15.8. The maximum Gasteiger partial charge on any atom is 1.00 e. The topological polar surface area (TPSA) is 75.7 Å². The zero-order chi connectivity index (χ0) is 24.2. The van der Waals surface area contributed by atoms with Crippen LogP contribution in [-0.4, -0.2) is 18.4 Å². The molecule has 0 saturated carbocycles. The normalized spacial score (nSPS) is 14.3. The fourth-order valence-electron chi connectivity index (χ4n) is 4.07. The molecule has 35 heavy (non-hydrogen) atoms. The van der Waals surface area contributed by atoms with Gasteiger partial charge in [0.2, 0.25) is 0 Å². The van der Waals surface area contributed by atoms with Crippen LogP contribution in [0.4, 0.5) is 0 Å². The number of carbonyl (C=O) groups is 2. The molecule has 1 aliphatic heterocycles. The van der Waals surface area contributed by atoms with E-state index in [-0.39, 0.29) is 47.0 Å². The monoisotopic (exact) mass is 520 g/mol. The second-order valence-corrected chi connectivity index (χ2v) is 9.15. The summed E-state index contributed by atoms with van der Waals surface area (Å²) in [4.78, 5) is 24.0. The fourth-order valence-corrected chi connectivity index (χ4v) is 4.51. The van der Waals surface area contributed by atoms with Gasteiger partial charge in [-0.05, 0) is 79.8 Å². The summed E-state index contributed by atoms with van der Waals surface area (Å²) in [6.07, 6.45) is 2.33. The van der Waals surface area contributed by atoms with Crippen molar-refractivity contribution in [2.75, 3.05) is 6.61 Å². The third kappa shape index (κ3) is 6.81. The van der Waals surface area contributed by atoms with Crippen LogP contribution in [0.5, 0.6) is 17.2 Å². The number of ketones is 1. The van der Waals surface area contributed by atoms with Gasteiger partial charge in [-0.1, -0.05) is 29.3 Å². The number of benzene rings is 3. The predicted molar refractivity (Wildman–Crippen MR) is 129 cm³/mol. The SMILES string of the molecule is Cc1cc(Cl)ccc1CCCC(=O)c1ccc(Oc2cc3c(cc2Cl)C(C(=O)[O-])CCO3)cc1.[Na+]. The first-order valence-electron chi connectivity index (χ1n) is 11.0. The molecule has 0 saturated heterocycles. The molecule has 1 heterocycles. The van der Waals surface area contributed by atoms with Crippen LogP contribution in [0.2, 0.25) is 10.0 Å². The first-order chi connectivity index (χ1) is 16.3. The van der Waals surface area contributed by atoms with Gasteiger partial charge in [-0.2, -0.15) is 0 Å². The molecular weight excluding hydrogens is 498 g/mol. The Morgan fingerprint density at radius 2 is 1.83 bits per heavy atom. The number of carboxylic acids is 1. The second kappa shape index (κ2) is 12.3. The van der Waals surface area contributed by atoms with Gasteiger partial charge < -0.3 is 19.4 Å².